The first-order valence-corrected chi connectivity index (χ1v) is 7.45. The average Bonchev–Trinajstić information content (AvgIpc) is 2.48. The van der Waals surface area contributed by atoms with Gasteiger partial charge in [-0.1, -0.05) is 20.8 Å². The van der Waals surface area contributed by atoms with Crippen molar-refractivity contribution in [2.45, 2.75) is 33.6 Å². The molecular formula is C17H20F2N4O. The summed E-state index contributed by atoms with van der Waals surface area (Å²) in [6, 6.07) is 8.02. The summed E-state index contributed by atoms with van der Waals surface area (Å²) >= 11 is 0. The number of benzene rings is 1. The molecule has 0 radical (unpaired) electrons. The van der Waals surface area contributed by atoms with Gasteiger partial charge in [-0.15, -0.1) is 0 Å². The number of nitrogens with zero attached hydrogens (tertiary/aromatic N) is 2. The molecule has 128 valence electrons. The predicted molar refractivity (Wildman–Crippen MR) is 89.4 cm³/mol. The Bertz CT molecular complexity index is 719. The number of alkyl halides is 2. The summed E-state index contributed by atoms with van der Waals surface area (Å²) < 4.78 is 26.6. The van der Waals surface area contributed by atoms with Crippen molar-refractivity contribution in [1.29, 1.82) is 0 Å². The van der Waals surface area contributed by atoms with Crippen molar-refractivity contribution in [2.24, 2.45) is 5.41 Å². The largest absolute Gasteiger partial charge is 0.326 e. The van der Waals surface area contributed by atoms with Gasteiger partial charge in [-0.25, -0.2) is 9.97 Å². The fraction of sp³-hybridized carbons (Fsp3) is 0.353. The lowest BCUT2D eigenvalue weighted by Gasteiger charge is -2.17. The molecular weight excluding hydrogens is 314 g/mol. The summed E-state index contributed by atoms with van der Waals surface area (Å²) in [7, 11) is 0. The van der Waals surface area contributed by atoms with E-state index in [0.29, 0.717) is 11.4 Å². The number of carbonyl (C=O) groups is 1. The van der Waals surface area contributed by atoms with E-state index >= 15 is 0 Å². The van der Waals surface area contributed by atoms with Gasteiger partial charge in [-0.3, -0.25) is 4.79 Å². The minimum atomic E-state index is -3.03. The van der Waals surface area contributed by atoms with E-state index < -0.39 is 11.3 Å². The van der Waals surface area contributed by atoms with Crippen LogP contribution in [0, 0.1) is 5.41 Å². The zero-order valence-corrected chi connectivity index (χ0v) is 14.0. The van der Waals surface area contributed by atoms with E-state index in [1.54, 1.807) is 24.3 Å². The van der Waals surface area contributed by atoms with E-state index in [2.05, 4.69) is 20.6 Å². The van der Waals surface area contributed by atoms with Crippen LogP contribution in [0.25, 0.3) is 0 Å². The van der Waals surface area contributed by atoms with Crippen molar-refractivity contribution in [3.63, 3.8) is 0 Å². The SMILES string of the molecule is CC(C)(C)C(=O)Nc1ccc(Nc2nccc(C(C)(F)F)n2)cc1. The fourth-order valence-electron chi connectivity index (χ4n) is 1.75. The van der Waals surface area contributed by atoms with Crippen LogP contribution in [0.1, 0.15) is 33.4 Å². The number of halogens is 2. The highest BCUT2D eigenvalue weighted by atomic mass is 19.3. The van der Waals surface area contributed by atoms with E-state index in [-0.39, 0.29) is 17.5 Å². The Morgan fingerprint density at radius 2 is 1.58 bits per heavy atom. The molecule has 0 unspecified atom stereocenters. The van der Waals surface area contributed by atoms with Gasteiger partial charge in [-0.2, -0.15) is 8.78 Å². The van der Waals surface area contributed by atoms with Crippen molar-refractivity contribution in [1.82, 2.24) is 9.97 Å². The maximum Gasteiger partial charge on any atom is 0.287 e. The predicted octanol–water partition coefficient (Wildman–Crippen LogP) is 4.32. The summed E-state index contributed by atoms with van der Waals surface area (Å²) in [6.07, 6.45) is 1.28. The number of aromatic nitrogens is 2. The fourth-order valence-corrected chi connectivity index (χ4v) is 1.75. The minimum Gasteiger partial charge on any atom is -0.326 e. The van der Waals surface area contributed by atoms with Gasteiger partial charge in [0.25, 0.3) is 5.92 Å². The Kier molecular flexibility index (Phi) is 4.82. The molecule has 0 aliphatic rings. The third-order valence-electron chi connectivity index (χ3n) is 3.19. The average molecular weight is 334 g/mol. The van der Waals surface area contributed by atoms with E-state index in [1.807, 2.05) is 20.8 Å². The van der Waals surface area contributed by atoms with Crippen LogP contribution in [0.4, 0.5) is 26.1 Å². The number of nitrogens with one attached hydrogen (secondary N) is 2. The zero-order valence-electron chi connectivity index (χ0n) is 14.0. The number of carbonyl (C=O) groups excluding carboxylic acids is 1. The first kappa shape index (κ1) is 17.8. The Morgan fingerprint density at radius 3 is 2.12 bits per heavy atom. The standard InChI is InChI=1S/C17H20F2N4O/c1-16(2,3)14(24)21-11-5-7-12(8-6-11)22-15-20-10-9-13(23-15)17(4,18)19/h5-10H,1-4H3,(H,21,24)(H,20,22,23). The molecule has 2 aromatic rings. The molecule has 0 atom stereocenters. The third kappa shape index (κ3) is 4.71. The van der Waals surface area contributed by atoms with Crippen LogP contribution >= 0.6 is 0 Å². The maximum absolute atomic E-state index is 13.3. The van der Waals surface area contributed by atoms with Crippen LogP contribution in [-0.4, -0.2) is 15.9 Å². The molecule has 5 nitrogen and oxygen atoms in total. The van der Waals surface area contributed by atoms with Gasteiger partial charge in [0.15, 0.2) is 0 Å². The molecule has 1 aromatic heterocycles. The summed E-state index contributed by atoms with van der Waals surface area (Å²) in [5.41, 5.74) is 0.431. The van der Waals surface area contributed by atoms with Gasteiger partial charge in [0.1, 0.15) is 5.69 Å². The Balaban J connectivity index is 2.08. The Morgan fingerprint density at radius 1 is 1.00 bits per heavy atom. The quantitative estimate of drug-likeness (QED) is 0.874. The van der Waals surface area contributed by atoms with Gasteiger partial charge in [0.2, 0.25) is 11.9 Å². The molecule has 0 spiro atoms. The van der Waals surface area contributed by atoms with Crippen molar-refractivity contribution >= 4 is 23.2 Å². The molecule has 7 heteroatoms. The maximum atomic E-state index is 13.3. The molecule has 1 aromatic carbocycles. The number of amides is 1. The first-order valence-electron chi connectivity index (χ1n) is 7.45. The second kappa shape index (κ2) is 6.51. The van der Waals surface area contributed by atoms with Crippen molar-refractivity contribution in [3.8, 4) is 0 Å². The number of anilines is 3. The Labute approximate surface area is 139 Å². The summed E-state index contributed by atoms with van der Waals surface area (Å²) in [5.74, 6) is -3.04. The summed E-state index contributed by atoms with van der Waals surface area (Å²) in [5, 5.41) is 5.66. The molecule has 1 amide bonds. The van der Waals surface area contributed by atoms with Gasteiger partial charge in [0, 0.05) is 29.9 Å². The topological polar surface area (TPSA) is 66.9 Å². The van der Waals surface area contributed by atoms with E-state index in [0.717, 1.165) is 6.92 Å². The number of hydrogen-bond donors (Lipinski definition) is 2. The highest BCUT2D eigenvalue weighted by molar-refractivity contribution is 5.94. The van der Waals surface area contributed by atoms with Gasteiger partial charge < -0.3 is 10.6 Å². The van der Waals surface area contributed by atoms with Crippen molar-refractivity contribution in [3.05, 3.63) is 42.2 Å². The molecule has 0 fully saturated rings. The normalized spacial score (nSPS) is 11.9. The second-order valence-electron chi connectivity index (χ2n) is 6.56. The number of rotatable bonds is 4. The van der Waals surface area contributed by atoms with E-state index in [9.17, 15) is 13.6 Å². The molecule has 0 aliphatic heterocycles. The van der Waals surface area contributed by atoms with Crippen LogP contribution in [-0.2, 0) is 10.7 Å². The van der Waals surface area contributed by atoms with Crippen LogP contribution in [0.15, 0.2) is 36.5 Å². The molecule has 0 saturated carbocycles. The van der Waals surface area contributed by atoms with Crippen LogP contribution in [0.3, 0.4) is 0 Å². The minimum absolute atomic E-state index is 0.0838. The second-order valence-corrected chi connectivity index (χ2v) is 6.56. The monoisotopic (exact) mass is 334 g/mol. The van der Waals surface area contributed by atoms with Gasteiger partial charge in [-0.05, 0) is 30.3 Å². The lowest BCUT2D eigenvalue weighted by molar-refractivity contribution is -0.123. The first-order chi connectivity index (χ1) is 11.1. The molecule has 2 rings (SSSR count). The van der Waals surface area contributed by atoms with Crippen LogP contribution < -0.4 is 10.6 Å². The number of hydrogen-bond acceptors (Lipinski definition) is 4. The highest BCUT2D eigenvalue weighted by Crippen LogP contribution is 2.26. The van der Waals surface area contributed by atoms with E-state index in [4.69, 9.17) is 0 Å². The van der Waals surface area contributed by atoms with Crippen molar-refractivity contribution < 1.29 is 13.6 Å². The molecule has 0 aliphatic carbocycles. The third-order valence-corrected chi connectivity index (χ3v) is 3.19. The molecule has 2 N–H and O–H groups in total. The molecule has 1 heterocycles. The lowest BCUT2D eigenvalue weighted by atomic mass is 9.95. The van der Waals surface area contributed by atoms with Crippen LogP contribution in [0.2, 0.25) is 0 Å². The van der Waals surface area contributed by atoms with Crippen LogP contribution in [0.5, 0.6) is 0 Å². The smallest absolute Gasteiger partial charge is 0.287 e. The summed E-state index contributed by atoms with van der Waals surface area (Å²) in [4.78, 5) is 19.7. The van der Waals surface area contributed by atoms with Crippen molar-refractivity contribution in [2.75, 3.05) is 10.6 Å². The molecule has 24 heavy (non-hydrogen) atoms. The lowest BCUT2D eigenvalue weighted by Crippen LogP contribution is -2.27. The van der Waals surface area contributed by atoms with Gasteiger partial charge in [0.05, 0.1) is 0 Å². The Hall–Kier alpha value is -2.57. The summed E-state index contributed by atoms with van der Waals surface area (Å²) in [6.45, 7) is 6.26. The zero-order chi connectivity index (χ0) is 18.0. The van der Waals surface area contributed by atoms with E-state index in [1.165, 1.54) is 12.3 Å². The molecule has 0 bridgehead atoms. The van der Waals surface area contributed by atoms with Gasteiger partial charge >= 0.3 is 0 Å². The molecule has 0 saturated heterocycles. The highest BCUT2D eigenvalue weighted by Gasteiger charge is 2.26.